The zero-order valence-electron chi connectivity index (χ0n) is 14.0. The van der Waals surface area contributed by atoms with Gasteiger partial charge in [-0.1, -0.05) is 23.2 Å². The second-order valence-corrected chi connectivity index (χ2v) is 6.31. The number of anilines is 1. The molecule has 134 valence electrons. The lowest BCUT2D eigenvalue weighted by Gasteiger charge is -2.22. The summed E-state index contributed by atoms with van der Waals surface area (Å²) in [6.07, 6.45) is 0.151. The Balaban J connectivity index is 2.08. The average Bonchev–Trinajstić information content (AvgIpc) is 2.63. The summed E-state index contributed by atoms with van der Waals surface area (Å²) in [6, 6.07) is 13.3. The molecule has 0 bridgehead atoms. The number of benzene rings is 2. The van der Waals surface area contributed by atoms with Gasteiger partial charge in [0.25, 0.3) is 5.91 Å². The smallest absolute Gasteiger partial charge is 0.338 e. The van der Waals surface area contributed by atoms with Crippen LogP contribution in [0.1, 0.15) is 22.3 Å². The molecule has 0 fully saturated rings. The molecule has 26 heavy (non-hydrogen) atoms. The van der Waals surface area contributed by atoms with Gasteiger partial charge in [-0.3, -0.25) is 4.79 Å². The summed E-state index contributed by atoms with van der Waals surface area (Å²) in [6.45, 7) is 1.57. The van der Waals surface area contributed by atoms with E-state index in [2.05, 4.69) is 0 Å². The lowest BCUT2D eigenvalue weighted by molar-refractivity contribution is -0.121. The molecule has 0 atom stereocenters. The first-order chi connectivity index (χ1) is 12.4. The van der Waals surface area contributed by atoms with Crippen molar-refractivity contribution in [3.05, 3.63) is 63.6 Å². The Labute approximate surface area is 161 Å². The number of ether oxygens (including phenoxy) is 1. The molecule has 0 aliphatic carbocycles. The van der Waals surface area contributed by atoms with Gasteiger partial charge in [0.1, 0.15) is 0 Å². The van der Waals surface area contributed by atoms with Gasteiger partial charge in [-0.15, -0.1) is 0 Å². The number of hydrogen-bond donors (Lipinski definition) is 0. The number of nitrogens with zero attached hydrogens (tertiary/aromatic N) is 2. The minimum Gasteiger partial charge on any atom is -0.452 e. The van der Waals surface area contributed by atoms with E-state index in [4.69, 9.17) is 33.2 Å². The Morgan fingerprint density at radius 2 is 1.85 bits per heavy atom. The van der Waals surface area contributed by atoms with Crippen LogP contribution in [-0.2, 0) is 9.53 Å². The van der Waals surface area contributed by atoms with Gasteiger partial charge in [0.2, 0.25) is 0 Å². The van der Waals surface area contributed by atoms with Gasteiger partial charge in [0.15, 0.2) is 6.61 Å². The minimum absolute atomic E-state index is 0.151. The highest BCUT2D eigenvalue weighted by molar-refractivity contribution is 6.31. The summed E-state index contributed by atoms with van der Waals surface area (Å²) < 4.78 is 5.08. The lowest BCUT2D eigenvalue weighted by Crippen LogP contribution is -2.35. The van der Waals surface area contributed by atoms with Gasteiger partial charge in [-0.05, 0) is 55.0 Å². The molecular formula is C19H16Cl2N2O3. The second-order valence-electron chi connectivity index (χ2n) is 5.47. The molecule has 1 amide bonds. The number of carbonyl (C=O) groups is 2. The highest BCUT2D eigenvalue weighted by Crippen LogP contribution is 2.23. The fraction of sp³-hybridized carbons (Fsp3) is 0.211. The van der Waals surface area contributed by atoms with Crippen LogP contribution in [0.25, 0.3) is 0 Å². The van der Waals surface area contributed by atoms with E-state index in [0.717, 1.165) is 5.56 Å². The van der Waals surface area contributed by atoms with E-state index in [1.165, 1.54) is 17.0 Å². The molecule has 0 aliphatic rings. The number of rotatable bonds is 6. The minimum atomic E-state index is -0.623. The number of esters is 1. The molecule has 2 aromatic rings. The Morgan fingerprint density at radius 1 is 1.15 bits per heavy atom. The maximum atomic E-state index is 12.5. The largest absolute Gasteiger partial charge is 0.452 e. The zero-order chi connectivity index (χ0) is 19.1. The molecule has 0 unspecified atom stereocenters. The van der Waals surface area contributed by atoms with Crippen molar-refractivity contribution in [2.75, 3.05) is 18.1 Å². The summed E-state index contributed by atoms with van der Waals surface area (Å²) in [5.41, 5.74) is 1.69. The van der Waals surface area contributed by atoms with E-state index in [1.54, 1.807) is 30.3 Å². The predicted molar refractivity (Wildman–Crippen MR) is 101 cm³/mol. The SMILES string of the molecule is Cc1cc(N(CCC#N)C(=O)COC(=O)c2ccc(Cl)cc2)ccc1Cl. The molecule has 7 heteroatoms. The highest BCUT2D eigenvalue weighted by Gasteiger charge is 2.18. The van der Waals surface area contributed by atoms with Crippen molar-refractivity contribution in [3.8, 4) is 6.07 Å². The fourth-order valence-electron chi connectivity index (χ4n) is 2.23. The number of aryl methyl sites for hydroxylation is 1. The number of amides is 1. The highest BCUT2D eigenvalue weighted by atomic mass is 35.5. The zero-order valence-corrected chi connectivity index (χ0v) is 15.5. The second kappa shape index (κ2) is 9.23. The molecule has 0 saturated heterocycles. The van der Waals surface area contributed by atoms with Crippen molar-refractivity contribution >= 4 is 40.8 Å². The first kappa shape index (κ1) is 19.8. The van der Waals surface area contributed by atoms with Crippen molar-refractivity contribution in [1.29, 1.82) is 5.26 Å². The average molecular weight is 391 g/mol. The molecule has 0 heterocycles. The third-order valence-electron chi connectivity index (χ3n) is 3.61. The maximum Gasteiger partial charge on any atom is 0.338 e. The molecule has 0 N–H and O–H groups in total. The standard InChI is InChI=1S/C19H16Cl2N2O3/c1-13-11-16(7-8-17(13)21)23(10-2-9-22)18(24)12-26-19(25)14-3-5-15(20)6-4-14/h3-8,11H,2,10,12H2,1H3. The Morgan fingerprint density at radius 3 is 2.46 bits per heavy atom. The number of halogens is 2. The lowest BCUT2D eigenvalue weighted by atomic mass is 10.2. The van der Waals surface area contributed by atoms with Crippen molar-refractivity contribution in [3.63, 3.8) is 0 Å². The van der Waals surface area contributed by atoms with Gasteiger partial charge in [0, 0.05) is 22.3 Å². The Bertz CT molecular complexity index is 845. The van der Waals surface area contributed by atoms with Crippen LogP contribution in [0.4, 0.5) is 5.69 Å². The van der Waals surface area contributed by atoms with Crippen LogP contribution in [0.2, 0.25) is 10.0 Å². The maximum absolute atomic E-state index is 12.5. The monoisotopic (exact) mass is 390 g/mol. The van der Waals surface area contributed by atoms with E-state index in [0.29, 0.717) is 21.3 Å². The van der Waals surface area contributed by atoms with Crippen LogP contribution < -0.4 is 4.90 Å². The topological polar surface area (TPSA) is 70.4 Å². The molecule has 2 rings (SSSR count). The molecule has 0 aliphatic heterocycles. The van der Waals surface area contributed by atoms with Crippen LogP contribution in [0.15, 0.2) is 42.5 Å². The molecule has 0 saturated carbocycles. The van der Waals surface area contributed by atoms with E-state index in [-0.39, 0.29) is 13.0 Å². The first-order valence-electron chi connectivity index (χ1n) is 7.78. The molecule has 2 aromatic carbocycles. The first-order valence-corrected chi connectivity index (χ1v) is 8.54. The van der Waals surface area contributed by atoms with Gasteiger partial charge in [0.05, 0.1) is 18.1 Å². The quantitative estimate of drug-likeness (QED) is 0.685. The Hall–Kier alpha value is -2.55. The van der Waals surface area contributed by atoms with Crippen molar-refractivity contribution in [2.45, 2.75) is 13.3 Å². The van der Waals surface area contributed by atoms with E-state index >= 15 is 0 Å². The van der Waals surface area contributed by atoms with Crippen LogP contribution in [0, 0.1) is 18.3 Å². The third-order valence-corrected chi connectivity index (χ3v) is 4.28. The van der Waals surface area contributed by atoms with E-state index in [1.807, 2.05) is 13.0 Å². The molecule has 0 aromatic heterocycles. The number of nitriles is 1. The number of carbonyl (C=O) groups excluding carboxylic acids is 2. The molecular weight excluding hydrogens is 375 g/mol. The third kappa shape index (κ3) is 5.22. The van der Waals surface area contributed by atoms with Crippen molar-refractivity contribution in [1.82, 2.24) is 0 Å². The van der Waals surface area contributed by atoms with Gasteiger partial charge in [-0.2, -0.15) is 5.26 Å². The summed E-state index contributed by atoms with van der Waals surface area (Å²) in [4.78, 5) is 26.0. The summed E-state index contributed by atoms with van der Waals surface area (Å²) >= 11 is 11.8. The molecule has 5 nitrogen and oxygen atoms in total. The normalized spacial score (nSPS) is 10.1. The summed E-state index contributed by atoms with van der Waals surface area (Å²) in [5, 5.41) is 9.90. The van der Waals surface area contributed by atoms with Crippen LogP contribution in [0.3, 0.4) is 0 Å². The predicted octanol–water partition coefficient (Wildman–Crippen LogP) is 4.41. The van der Waals surface area contributed by atoms with Crippen molar-refractivity contribution in [2.24, 2.45) is 0 Å². The summed E-state index contributed by atoms with van der Waals surface area (Å²) in [5.74, 6) is -1.05. The molecule has 0 radical (unpaired) electrons. The van der Waals surface area contributed by atoms with E-state index in [9.17, 15) is 9.59 Å². The van der Waals surface area contributed by atoms with Crippen LogP contribution >= 0.6 is 23.2 Å². The number of hydrogen-bond acceptors (Lipinski definition) is 4. The Kier molecular flexibility index (Phi) is 7.02. The summed E-state index contributed by atoms with van der Waals surface area (Å²) in [7, 11) is 0. The van der Waals surface area contributed by atoms with Gasteiger partial charge < -0.3 is 9.64 Å². The fourth-order valence-corrected chi connectivity index (χ4v) is 2.47. The van der Waals surface area contributed by atoms with Crippen LogP contribution in [0.5, 0.6) is 0 Å². The van der Waals surface area contributed by atoms with E-state index < -0.39 is 18.5 Å². The van der Waals surface area contributed by atoms with Gasteiger partial charge in [-0.25, -0.2) is 4.79 Å². The van der Waals surface area contributed by atoms with Gasteiger partial charge >= 0.3 is 5.97 Å². The van der Waals surface area contributed by atoms with Crippen LogP contribution in [-0.4, -0.2) is 25.0 Å². The van der Waals surface area contributed by atoms with Crippen molar-refractivity contribution < 1.29 is 14.3 Å². The molecule has 0 spiro atoms.